The summed E-state index contributed by atoms with van der Waals surface area (Å²) in [6.45, 7) is 4.35. The summed E-state index contributed by atoms with van der Waals surface area (Å²) in [5.41, 5.74) is 1.07. The number of likely N-dealkylation sites (tertiary alicyclic amines) is 1. The maximum atomic E-state index is 12.1. The lowest BCUT2D eigenvalue weighted by Gasteiger charge is -2.27. The molecule has 1 amide bonds. The summed E-state index contributed by atoms with van der Waals surface area (Å²) in [5.74, 6) is 0.221. The molecule has 1 aromatic rings. The molecule has 0 aliphatic carbocycles. The largest absolute Gasteiger partial charge is 0.342 e. The Hall–Kier alpha value is -1.06. The van der Waals surface area contributed by atoms with Crippen LogP contribution in [0.5, 0.6) is 0 Å². The Labute approximate surface area is 120 Å². The first-order valence-electron chi connectivity index (χ1n) is 6.82. The van der Waals surface area contributed by atoms with E-state index in [4.69, 9.17) is 11.6 Å². The summed E-state index contributed by atoms with van der Waals surface area (Å²) >= 11 is 6.20. The number of likely N-dealkylation sites (N-methyl/N-ethyl adjacent to an activating group) is 1. The Morgan fingerprint density at radius 2 is 2.00 bits per heavy atom. The van der Waals surface area contributed by atoms with E-state index in [-0.39, 0.29) is 11.9 Å². The Balaban J connectivity index is 1.97. The van der Waals surface area contributed by atoms with Crippen LogP contribution in [0.15, 0.2) is 24.3 Å². The average molecular weight is 281 g/mol. The van der Waals surface area contributed by atoms with Crippen molar-refractivity contribution >= 4 is 17.5 Å². The van der Waals surface area contributed by atoms with Crippen LogP contribution in [-0.4, -0.2) is 42.4 Å². The van der Waals surface area contributed by atoms with Crippen LogP contribution in [0.4, 0.5) is 0 Å². The standard InChI is InChI=1S/C15H21ClN2O/c1-12(13-7-3-4-8-14(13)16)17(2)11-15(19)18-9-5-6-10-18/h3-4,7-8,12H,5-6,9-11H2,1-2H3. The van der Waals surface area contributed by atoms with Crippen LogP contribution in [-0.2, 0) is 4.79 Å². The van der Waals surface area contributed by atoms with E-state index in [0.717, 1.165) is 36.5 Å². The maximum absolute atomic E-state index is 12.1. The lowest BCUT2D eigenvalue weighted by atomic mass is 10.1. The SMILES string of the molecule is CC(c1ccccc1Cl)N(C)CC(=O)N1CCCC1. The van der Waals surface area contributed by atoms with Crippen LogP contribution in [0.25, 0.3) is 0 Å². The zero-order chi connectivity index (χ0) is 13.8. The van der Waals surface area contributed by atoms with Crippen molar-refractivity contribution in [3.63, 3.8) is 0 Å². The molecule has 1 unspecified atom stereocenters. The first kappa shape index (κ1) is 14.4. The van der Waals surface area contributed by atoms with Gasteiger partial charge >= 0.3 is 0 Å². The van der Waals surface area contributed by atoms with Gasteiger partial charge < -0.3 is 4.90 Å². The molecule has 0 aromatic heterocycles. The topological polar surface area (TPSA) is 23.6 Å². The van der Waals surface area contributed by atoms with Gasteiger partial charge in [-0.25, -0.2) is 0 Å². The first-order chi connectivity index (χ1) is 9.09. The van der Waals surface area contributed by atoms with Crippen molar-refractivity contribution < 1.29 is 4.79 Å². The molecule has 4 heteroatoms. The number of hydrogen-bond donors (Lipinski definition) is 0. The minimum absolute atomic E-state index is 0.139. The monoisotopic (exact) mass is 280 g/mol. The summed E-state index contributed by atoms with van der Waals surface area (Å²) in [6.07, 6.45) is 2.27. The van der Waals surface area contributed by atoms with Gasteiger partial charge in [0.05, 0.1) is 6.54 Å². The maximum Gasteiger partial charge on any atom is 0.236 e. The molecule has 104 valence electrons. The second-order valence-corrected chi connectivity index (χ2v) is 5.61. The fourth-order valence-electron chi connectivity index (χ4n) is 2.47. The van der Waals surface area contributed by atoms with Gasteiger partial charge in [0.25, 0.3) is 0 Å². The predicted molar refractivity (Wildman–Crippen MR) is 78.3 cm³/mol. The molecule has 1 aromatic carbocycles. The van der Waals surface area contributed by atoms with Crippen LogP contribution >= 0.6 is 11.6 Å². The van der Waals surface area contributed by atoms with Gasteiger partial charge in [0.2, 0.25) is 5.91 Å². The molecule has 0 N–H and O–H groups in total. The lowest BCUT2D eigenvalue weighted by molar-refractivity contribution is -0.131. The van der Waals surface area contributed by atoms with E-state index in [1.54, 1.807) is 0 Å². The molecule has 0 spiro atoms. The lowest BCUT2D eigenvalue weighted by Crippen LogP contribution is -2.38. The van der Waals surface area contributed by atoms with Crippen molar-refractivity contribution in [3.8, 4) is 0 Å². The molecule has 19 heavy (non-hydrogen) atoms. The highest BCUT2D eigenvalue weighted by molar-refractivity contribution is 6.31. The first-order valence-corrected chi connectivity index (χ1v) is 7.20. The molecule has 3 nitrogen and oxygen atoms in total. The van der Waals surface area contributed by atoms with Crippen molar-refractivity contribution in [1.29, 1.82) is 0 Å². The number of halogens is 1. The van der Waals surface area contributed by atoms with Gasteiger partial charge in [-0.05, 0) is 38.4 Å². The predicted octanol–water partition coefficient (Wildman–Crippen LogP) is 2.96. The third-order valence-corrected chi connectivity index (χ3v) is 4.20. The van der Waals surface area contributed by atoms with Crippen molar-refractivity contribution in [2.75, 3.05) is 26.7 Å². The second-order valence-electron chi connectivity index (χ2n) is 5.20. The van der Waals surface area contributed by atoms with Crippen molar-refractivity contribution in [1.82, 2.24) is 9.80 Å². The average Bonchev–Trinajstić information content (AvgIpc) is 2.92. The number of carbonyl (C=O) groups is 1. The Kier molecular flexibility index (Phi) is 4.83. The quantitative estimate of drug-likeness (QED) is 0.847. The molecular weight excluding hydrogens is 260 g/mol. The fourth-order valence-corrected chi connectivity index (χ4v) is 2.76. The smallest absolute Gasteiger partial charge is 0.236 e. The van der Waals surface area contributed by atoms with Crippen LogP contribution in [0, 0.1) is 0 Å². The third-order valence-electron chi connectivity index (χ3n) is 3.86. The van der Waals surface area contributed by atoms with Gasteiger partial charge in [-0.1, -0.05) is 29.8 Å². The highest BCUT2D eigenvalue weighted by Gasteiger charge is 2.22. The molecule has 1 aliphatic rings. The van der Waals surface area contributed by atoms with E-state index in [0.29, 0.717) is 6.54 Å². The van der Waals surface area contributed by atoms with Crippen molar-refractivity contribution in [2.24, 2.45) is 0 Å². The number of nitrogens with zero attached hydrogens (tertiary/aromatic N) is 2. The number of carbonyl (C=O) groups excluding carboxylic acids is 1. The van der Waals surface area contributed by atoms with E-state index < -0.39 is 0 Å². The minimum Gasteiger partial charge on any atom is -0.342 e. The zero-order valence-electron chi connectivity index (χ0n) is 11.6. The van der Waals surface area contributed by atoms with Gasteiger partial charge in [0.15, 0.2) is 0 Å². The van der Waals surface area contributed by atoms with Crippen molar-refractivity contribution in [2.45, 2.75) is 25.8 Å². The second kappa shape index (κ2) is 6.40. The summed E-state index contributed by atoms with van der Waals surface area (Å²) in [4.78, 5) is 16.1. The number of benzene rings is 1. The number of rotatable bonds is 4. The number of hydrogen-bond acceptors (Lipinski definition) is 2. The Bertz CT molecular complexity index is 444. The summed E-state index contributed by atoms with van der Waals surface area (Å²) in [6, 6.07) is 7.95. The highest BCUT2D eigenvalue weighted by Crippen LogP contribution is 2.26. The Morgan fingerprint density at radius 1 is 1.37 bits per heavy atom. The summed E-state index contributed by atoms with van der Waals surface area (Å²) < 4.78 is 0. The molecule has 1 heterocycles. The molecule has 1 atom stereocenters. The van der Waals surface area contributed by atoms with E-state index in [1.165, 1.54) is 0 Å². The van der Waals surface area contributed by atoms with E-state index in [9.17, 15) is 4.79 Å². The van der Waals surface area contributed by atoms with E-state index >= 15 is 0 Å². The zero-order valence-corrected chi connectivity index (χ0v) is 12.4. The summed E-state index contributed by atoms with van der Waals surface area (Å²) in [5, 5.41) is 0.760. The Morgan fingerprint density at radius 3 is 2.63 bits per heavy atom. The molecule has 1 saturated heterocycles. The van der Waals surface area contributed by atoms with Gasteiger partial charge in [-0.15, -0.1) is 0 Å². The van der Waals surface area contributed by atoms with E-state index in [1.807, 2.05) is 36.2 Å². The van der Waals surface area contributed by atoms with Crippen molar-refractivity contribution in [3.05, 3.63) is 34.9 Å². The molecule has 0 radical (unpaired) electrons. The van der Waals surface area contributed by atoms with Crippen LogP contribution in [0.1, 0.15) is 31.4 Å². The fraction of sp³-hybridized carbons (Fsp3) is 0.533. The summed E-state index contributed by atoms with van der Waals surface area (Å²) in [7, 11) is 1.97. The molecule has 1 fully saturated rings. The van der Waals surface area contributed by atoms with Gasteiger partial charge in [0.1, 0.15) is 0 Å². The molecule has 0 bridgehead atoms. The molecule has 2 rings (SSSR count). The number of amides is 1. The van der Waals surface area contributed by atoms with Crippen LogP contribution in [0.3, 0.4) is 0 Å². The van der Waals surface area contributed by atoms with Gasteiger partial charge in [-0.3, -0.25) is 9.69 Å². The van der Waals surface area contributed by atoms with Crippen LogP contribution in [0.2, 0.25) is 5.02 Å². The molecule has 1 aliphatic heterocycles. The third kappa shape index (κ3) is 3.48. The minimum atomic E-state index is 0.139. The van der Waals surface area contributed by atoms with Crippen LogP contribution < -0.4 is 0 Å². The van der Waals surface area contributed by atoms with Gasteiger partial charge in [0, 0.05) is 24.2 Å². The molecular formula is C15H21ClN2O. The van der Waals surface area contributed by atoms with E-state index in [2.05, 4.69) is 11.8 Å². The highest BCUT2D eigenvalue weighted by atomic mass is 35.5. The van der Waals surface area contributed by atoms with Gasteiger partial charge in [-0.2, -0.15) is 0 Å². The molecule has 0 saturated carbocycles. The normalized spacial score (nSPS) is 16.9.